The zero-order chi connectivity index (χ0) is 15.7. The molecule has 1 N–H and O–H groups in total. The van der Waals surface area contributed by atoms with Crippen LogP contribution in [0.4, 0.5) is 0 Å². The van der Waals surface area contributed by atoms with E-state index in [0.29, 0.717) is 12.5 Å². The summed E-state index contributed by atoms with van der Waals surface area (Å²) in [5.74, 6) is 2.07. The van der Waals surface area contributed by atoms with Crippen LogP contribution in [0.5, 0.6) is 0 Å². The van der Waals surface area contributed by atoms with Crippen LogP contribution < -0.4 is 0 Å². The highest BCUT2D eigenvalue weighted by molar-refractivity contribution is 5.27. The molecule has 1 saturated carbocycles. The standard InChI is InChI=1S/C18H23N3O2/c22-13-18(15-5-2-1-3-6-15)9-4-10-21(12-18)11-16-19-17(23-20-16)14-7-8-14/h1-3,5-6,14,22H,4,7-13H2. The van der Waals surface area contributed by atoms with Crippen LogP contribution in [0.25, 0.3) is 0 Å². The van der Waals surface area contributed by atoms with Gasteiger partial charge < -0.3 is 9.63 Å². The summed E-state index contributed by atoms with van der Waals surface area (Å²) in [7, 11) is 0. The van der Waals surface area contributed by atoms with Crippen molar-refractivity contribution < 1.29 is 9.63 Å². The second kappa shape index (κ2) is 6.06. The molecule has 122 valence electrons. The van der Waals surface area contributed by atoms with Crippen molar-refractivity contribution in [2.24, 2.45) is 0 Å². The first kappa shape index (κ1) is 14.8. The van der Waals surface area contributed by atoms with Crippen molar-refractivity contribution >= 4 is 0 Å². The first-order chi connectivity index (χ1) is 11.3. The molecule has 2 fully saturated rings. The van der Waals surface area contributed by atoms with E-state index < -0.39 is 0 Å². The normalized spacial score (nSPS) is 25.6. The molecule has 1 aliphatic carbocycles. The van der Waals surface area contributed by atoms with Crippen LogP contribution in [0, 0.1) is 0 Å². The van der Waals surface area contributed by atoms with Crippen LogP contribution in [-0.4, -0.2) is 39.8 Å². The van der Waals surface area contributed by atoms with Crippen LogP contribution in [0.2, 0.25) is 0 Å². The number of hydrogen-bond acceptors (Lipinski definition) is 5. The van der Waals surface area contributed by atoms with E-state index in [4.69, 9.17) is 4.52 Å². The number of aliphatic hydroxyl groups is 1. The second-order valence-electron chi connectivity index (χ2n) is 6.94. The van der Waals surface area contributed by atoms with Gasteiger partial charge in [-0.2, -0.15) is 4.98 Å². The summed E-state index contributed by atoms with van der Waals surface area (Å²) in [6.07, 6.45) is 4.44. The van der Waals surface area contributed by atoms with E-state index in [0.717, 1.165) is 37.6 Å². The molecule has 23 heavy (non-hydrogen) atoms. The maximum atomic E-state index is 10.1. The molecule has 5 heteroatoms. The molecule has 1 atom stereocenters. The van der Waals surface area contributed by atoms with Crippen molar-refractivity contribution in [1.82, 2.24) is 15.0 Å². The third kappa shape index (κ3) is 3.03. The molecule has 4 rings (SSSR count). The van der Waals surface area contributed by atoms with Gasteiger partial charge in [0, 0.05) is 17.9 Å². The van der Waals surface area contributed by atoms with Crippen molar-refractivity contribution in [3.63, 3.8) is 0 Å². The lowest BCUT2D eigenvalue weighted by Gasteiger charge is -2.41. The molecule has 1 aromatic carbocycles. The molecule has 2 heterocycles. The van der Waals surface area contributed by atoms with E-state index in [1.807, 2.05) is 18.2 Å². The summed E-state index contributed by atoms with van der Waals surface area (Å²) < 4.78 is 5.36. The SMILES string of the molecule is OCC1(c2ccccc2)CCCN(Cc2noc(C3CC3)n2)C1. The summed E-state index contributed by atoms with van der Waals surface area (Å²) in [5.41, 5.74) is 1.04. The van der Waals surface area contributed by atoms with Gasteiger partial charge in [0.05, 0.1) is 13.2 Å². The van der Waals surface area contributed by atoms with Crippen molar-refractivity contribution in [2.45, 2.75) is 43.6 Å². The van der Waals surface area contributed by atoms with E-state index in [1.165, 1.54) is 18.4 Å². The topological polar surface area (TPSA) is 62.4 Å². The zero-order valence-corrected chi connectivity index (χ0v) is 13.3. The van der Waals surface area contributed by atoms with E-state index in [2.05, 4.69) is 27.2 Å². The zero-order valence-electron chi connectivity index (χ0n) is 13.3. The predicted molar refractivity (Wildman–Crippen MR) is 86.0 cm³/mol. The molecule has 1 aliphatic heterocycles. The molecule has 1 saturated heterocycles. The van der Waals surface area contributed by atoms with E-state index in [-0.39, 0.29) is 12.0 Å². The molecule has 2 aliphatic rings. The first-order valence-corrected chi connectivity index (χ1v) is 8.50. The lowest BCUT2D eigenvalue weighted by Crippen LogP contribution is -2.48. The molecule has 1 aromatic heterocycles. The Morgan fingerprint density at radius 1 is 1.26 bits per heavy atom. The second-order valence-corrected chi connectivity index (χ2v) is 6.94. The molecule has 0 radical (unpaired) electrons. The van der Waals surface area contributed by atoms with Crippen molar-refractivity contribution in [2.75, 3.05) is 19.7 Å². The van der Waals surface area contributed by atoms with E-state index >= 15 is 0 Å². The Labute approximate surface area is 136 Å². The number of aromatic nitrogens is 2. The molecular weight excluding hydrogens is 290 g/mol. The van der Waals surface area contributed by atoms with E-state index in [9.17, 15) is 5.11 Å². The summed E-state index contributed by atoms with van der Waals surface area (Å²) in [6, 6.07) is 10.4. The molecule has 0 bridgehead atoms. The molecule has 0 amide bonds. The fourth-order valence-electron chi connectivity index (χ4n) is 3.64. The Morgan fingerprint density at radius 2 is 2.09 bits per heavy atom. The molecule has 1 unspecified atom stereocenters. The number of rotatable bonds is 5. The minimum atomic E-state index is -0.178. The summed E-state index contributed by atoms with van der Waals surface area (Å²) in [5, 5.41) is 14.2. The fourth-order valence-corrected chi connectivity index (χ4v) is 3.64. The van der Waals surface area contributed by atoms with Gasteiger partial charge in [-0.05, 0) is 37.8 Å². The Bertz CT molecular complexity index is 653. The van der Waals surface area contributed by atoms with Gasteiger partial charge in [-0.1, -0.05) is 35.5 Å². The van der Waals surface area contributed by atoms with Gasteiger partial charge in [-0.15, -0.1) is 0 Å². The third-order valence-electron chi connectivity index (χ3n) is 5.12. The highest BCUT2D eigenvalue weighted by atomic mass is 16.5. The Balaban J connectivity index is 1.49. The third-order valence-corrected chi connectivity index (χ3v) is 5.12. The Kier molecular flexibility index (Phi) is 3.91. The lowest BCUT2D eigenvalue weighted by atomic mass is 9.75. The molecule has 2 aromatic rings. The molecular formula is C18H23N3O2. The molecule has 5 nitrogen and oxygen atoms in total. The Hall–Kier alpha value is -1.72. The summed E-state index contributed by atoms with van der Waals surface area (Å²) in [4.78, 5) is 6.87. The van der Waals surface area contributed by atoms with Crippen molar-refractivity contribution in [3.8, 4) is 0 Å². The maximum absolute atomic E-state index is 10.1. The number of benzene rings is 1. The summed E-state index contributed by atoms with van der Waals surface area (Å²) in [6.45, 7) is 2.72. The quantitative estimate of drug-likeness (QED) is 0.919. The number of hydrogen-bond donors (Lipinski definition) is 1. The highest BCUT2D eigenvalue weighted by Gasteiger charge is 2.37. The average Bonchev–Trinajstić information content (AvgIpc) is 3.36. The average molecular weight is 313 g/mol. The van der Waals surface area contributed by atoms with Crippen LogP contribution in [-0.2, 0) is 12.0 Å². The fraction of sp³-hybridized carbons (Fsp3) is 0.556. The van der Waals surface area contributed by atoms with Gasteiger partial charge in [0.25, 0.3) is 0 Å². The van der Waals surface area contributed by atoms with Gasteiger partial charge >= 0.3 is 0 Å². The summed E-state index contributed by atoms with van der Waals surface area (Å²) >= 11 is 0. The van der Waals surface area contributed by atoms with Gasteiger partial charge in [0.15, 0.2) is 5.82 Å². The molecule has 0 spiro atoms. The van der Waals surface area contributed by atoms with Gasteiger partial charge in [0.2, 0.25) is 5.89 Å². The highest BCUT2D eigenvalue weighted by Crippen LogP contribution is 2.39. The van der Waals surface area contributed by atoms with Crippen LogP contribution in [0.15, 0.2) is 34.9 Å². The van der Waals surface area contributed by atoms with Crippen LogP contribution >= 0.6 is 0 Å². The number of nitrogens with zero attached hydrogens (tertiary/aromatic N) is 3. The minimum Gasteiger partial charge on any atom is -0.395 e. The maximum Gasteiger partial charge on any atom is 0.229 e. The number of piperidine rings is 1. The Morgan fingerprint density at radius 3 is 2.83 bits per heavy atom. The van der Waals surface area contributed by atoms with Gasteiger partial charge in [-0.3, -0.25) is 4.90 Å². The number of likely N-dealkylation sites (tertiary alicyclic amines) is 1. The van der Waals surface area contributed by atoms with Crippen molar-refractivity contribution in [3.05, 3.63) is 47.6 Å². The monoisotopic (exact) mass is 313 g/mol. The van der Waals surface area contributed by atoms with Crippen LogP contribution in [0.1, 0.15) is 48.9 Å². The number of aliphatic hydroxyl groups excluding tert-OH is 1. The lowest BCUT2D eigenvalue weighted by molar-refractivity contribution is 0.0830. The first-order valence-electron chi connectivity index (χ1n) is 8.50. The van der Waals surface area contributed by atoms with Crippen molar-refractivity contribution in [1.29, 1.82) is 0 Å². The van der Waals surface area contributed by atoms with Gasteiger partial charge in [0.1, 0.15) is 0 Å². The van der Waals surface area contributed by atoms with E-state index in [1.54, 1.807) is 0 Å². The van der Waals surface area contributed by atoms with Gasteiger partial charge in [-0.25, -0.2) is 0 Å². The minimum absolute atomic E-state index is 0.174. The smallest absolute Gasteiger partial charge is 0.229 e. The van der Waals surface area contributed by atoms with Crippen LogP contribution in [0.3, 0.4) is 0 Å². The largest absolute Gasteiger partial charge is 0.395 e. The predicted octanol–water partition coefficient (Wildman–Crippen LogP) is 2.47.